The maximum Gasteiger partial charge on any atom is 0.277 e. The van der Waals surface area contributed by atoms with Crippen molar-refractivity contribution in [2.24, 2.45) is 17.8 Å². The highest BCUT2D eigenvalue weighted by Gasteiger charge is 2.65. The zero-order valence-electron chi connectivity index (χ0n) is 20.7. The normalized spacial score (nSPS) is 37.1. The molecule has 1 aromatic carbocycles. The molecule has 2 aromatic heterocycles. The number of para-hydroxylation sites is 2. The Morgan fingerprint density at radius 3 is 2.44 bits per heavy atom. The Morgan fingerprint density at radius 1 is 0.889 bits per heavy atom. The molecule has 36 heavy (non-hydrogen) atoms. The van der Waals surface area contributed by atoms with E-state index in [1.54, 1.807) is 12.3 Å². The van der Waals surface area contributed by atoms with Crippen LogP contribution in [0, 0.1) is 17.8 Å². The van der Waals surface area contributed by atoms with E-state index >= 15 is 0 Å². The van der Waals surface area contributed by atoms with Crippen molar-refractivity contribution in [2.75, 3.05) is 0 Å². The van der Waals surface area contributed by atoms with Gasteiger partial charge in [0.25, 0.3) is 5.56 Å². The first kappa shape index (κ1) is 21.4. The fourth-order valence-corrected chi connectivity index (χ4v) is 9.61. The highest BCUT2D eigenvalue weighted by atomic mass is 16.1. The number of aromatic nitrogens is 3. The Balaban J connectivity index is 1.21. The van der Waals surface area contributed by atoms with E-state index < -0.39 is 0 Å². The Hall–Kier alpha value is -2.73. The van der Waals surface area contributed by atoms with Crippen LogP contribution < -0.4 is 11.1 Å². The van der Waals surface area contributed by atoms with Gasteiger partial charge in [0.1, 0.15) is 5.69 Å². The lowest BCUT2D eigenvalue weighted by Crippen LogP contribution is -2.75. The topological polar surface area (TPSA) is 71.0 Å². The molecule has 6 bridgehead atoms. The van der Waals surface area contributed by atoms with Gasteiger partial charge in [0.05, 0.1) is 11.0 Å². The number of pyridine rings is 1. The lowest BCUT2D eigenvalue weighted by molar-refractivity contribution is -0.221. The first-order valence-electron chi connectivity index (χ1n) is 14.1. The van der Waals surface area contributed by atoms with Crippen LogP contribution in [0.5, 0.6) is 0 Å². The Bertz CT molecular complexity index is 1440. The summed E-state index contributed by atoms with van der Waals surface area (Å²) < 4.78 is 2.07. The van der Waals surface area contributed by atoms with Gasteiger partial charge in [-0.2, -0.15) is 0 Å². The average Bonchev–Trinajstić information content (AvgIpc) is 2.88. The van der Waals surface area contributed by atoms with Gasteiger partial charge in [0.2, 0.25) is 5.56 Å². The van der Waals surface area contributed by atoms with Crippen molar-refractivity contribution in [3.05, 3.63) is 63.3 Å². The summed E-state index contributed by atoms with van der Waals surface area (Å²) in [4.78, 5) is 36.2. The maximum atomic E-state index is 14.0. The summed E-state index contributed by atoms with van der Waals surface area (Å²) in [5.41, 5.74) is 3.15. The van der Waals surface area contributed by atoms with E-state index in [-0.39, 0.29) is 17.2 Å². The molecule has 7 atom stereocenters. The Morgan fingerprint density at radius 2 is 1.72 bits per heavy atom. The molecule has 0 spiro atoms. The summed E-state index contributed by atoms with van der Waals surface area (Å²) >= 11 is 0. The molecule has 6 fully saturated rings. The maximum absolute atomic E-state index is 14.0. The van der Waals surface area contributed by atoms with E-state index in [1.165, 1.54) is 57.4 Å². The van der Waals surface area contributed by atoms with Gasteiger partial charge in [-0.25, -0.2) is 4.98 Å². The zero-order chi connectivity index (χ0) is 24.0. The second-order valence-corrected chi connectivity index (χ2v) is 12.4. The number of H-pyrrole nitrogens is 1. The minimum Gasteiger partial charge on any atom is -0.328 e. The van der Waals surface area contributed by atoms with Crippen molar-refractivity contribution in [2.45, 2.75) is 87.9 Å². The molecule has 0 radical (unpaired) electrons. The molecule has 4 saturated carbocycles. The SMILES string of the molecule is O=c1ccc(-c2nc3ccccc3n(C3C[C@H]4CCC[C@@H](C3)N4[C@]34C[C@H]5CCC3[C@H](C5)C4)c2=O)c[nH]1. The number of fused-ring (bicyclic) bond motifs is 4. The summed E-state index contributed by atoms with van der Waals surface area (Å²) in [5.74, 6) is 2.87. The predicted octanol–water partition coefficient (Wildman–Crippen LogP) is 4.89. The Kier molecular flexibility index (Phi) is 4.53. The van der Waals surface area contributed by atoms with Crippen molar-refractivity contribution in [3.63, 3.8) is 0 Å². The molecule has 4 aliphatic carbocycles. The van der Waals surface area contributed by atoms with Crippen LogP contribution in [0.1, 0.15) is 70.3 Å². The number of piperidine rings is 2. The number of hydrogen-bond acceptors (Lipinski definition) is 4. The first-order chi connectivity index (χ1) is 17.6. The predicted molar refractivity (Wildman–Crippen MR) is 140 cm³/mol. The van der Waals surface area contributed by atoms with Gasteiger partial charge < -0.3 is 9.55 Å². The molecule has 6 aliphatic rings. The number of benzene rings is 1. The minimum absolute atomic E-state index is 0.0316. The van der Waals surface area contributed by atoms with Crippen LogP contribution in [0.4, 0.5) is 0 Å². The quantitative estimate of drug-likeness (QED) is 0.577. The molecule has 6 nitrogen and oxygen atoms in total. The number of rotatable bonds is 3. The van der Waals surface area contributed by atoms with E-state index in [2.05, 4.69) is 20.5 Å². The molecule has 2 saturated heterocycles. The summed E-state index contributed by atoms with van der Waals surface area (Å²) in [5, 5.41) is 0. The second-order valence-electron chi connectivity index (χ2n) is 12.4. The van der Waals surface area contributed by atoms with Gasteiger partial charge in [-0.3, -0.25) is 14.5 Å². The molecule has 6 heteroatoms. The summed E-state index contributed by atoms with van der Waals surface area (Å²) in [7, 11) is 0. The third-order valence-electron chi connectivity index (χ3n) is 10.7. The van der Waals surface area contributed by atoms with E-state index in [9.17, 15) is 9.59 Å². The van der Waals surface area contributed by atoms with Crippen LogP contribution in [0.15, 0.2) is 52.2 Å². The molecule has 2 unspecified atom stereocenters. The molecule has 4 heterocycles. The summed E-state index contributed by atoms with van der Waals surface area (Å²) in [6.45, 7) is 0. The summed E-state index contributed by atoms with van der Waals surface area (Å²) in [6.07, 6.45) is 14.8. The van der Waals surface area contributed by atoms with Crippen LogP contribution in [-0.4, -0.2) is 37.1 Å². The fraction of sp³-hybridized carbons (Fsp3) is 0.567. The molecule has 2 aliphatic heterocycles. The van der Waals surface area contributed by atoms with Crippen LogP contribution >= 0.6 is 0 Å². The summed E-state index contributed by atoms with van der Waals surface area (Å²) in [6, 6.07) is 12.6. The fourth-order valence-electron chi connectivity index (χ4n) is 9.61. The minimum atomic E-state index is -0.172. The molecular formula is C30H34N4O2. The van der Waals surface area contributed by atoms with Crippen LogP contribution in [0.3, 0.4) is 0 Å². The van der Waals surface area contributed by atoms with Gasteiger partial charge in [0, 0.05) is 41.5 Å². The number of aromatic amines is 1. The lowest BCUT2D eigenvalue weighted by Gasteiger charge is -2.73. The molecule has 3 aromatic rings. The average molecular weight is 483 g/mol. The third-order valence-corrected chi connectivity index (χ3v) is 10.7. The van der Waals surface area contributed by atoms with E-state index in [0.717, 1.165) is 41.6 Å². The van der Waals surface area contributed by atoms with Gasteiger partial charge in [-0.1, -0.05) is 25.0 Å². The van der Waals surface area contributed by atoms with Gasteiger partial charge in [-0.05, 0) is 87.3 Å². The van der Waals surface area contributed by atoms with E-state index in [1.807, 2.05) is 18.2 Å². The van der Waals surface area contributed by atoms with Crippen LogP contribution in [0.2, 0.25) is 0 Å². The number of nitrogens with one attached hydrogen (secondary N) is 1. The van der Waals surface area contributed by atoms with Crippen LogP contribution in [0.25, 0.3) is 22.3 Å². The van der Waals surface area contributed by atoms with Gasteiger partial charge >= 0.3 is 0 Å². The number of nitrogens with zero attached hydrogens (tertiary/aromatic N) is 3. The van der Waals surface area contributed by atoms with Crippen LogP contribution in [-0.2, 0) is 0 Å². The molecule has 0 amide bonds. The highest BCUT2D eigenvalue weighted by Crippen LogP contribution is 2.67. The van der Waals surface area contributed by atoms with E-state index in [0.29, 0.717) is 28.9 Å². The van der Waals surface area contributed by atoms with Crippen molar-refractivity contribution < 1.29 is 0 Å². The lowest BCUT2D eigenvalue weighted by atomic mass is 9.42. The largest absolute Gasteiger partial charge is 0.328 e. The first-order valence-corrected chi connectivity index (χ1v) is 14.1. The second kappa shape index (κ2) is 7.64. The Labute approximate surface area is 210 Å². The van der Waals surface area contributed by atoms with Gasteiger partial charge in [-0.15, -0.1) is 0 Å². The van der Waals surface area contributed by atoms with Crippen molar-refractivity contribution in [1.82, 2.24) is 19.4 Å². The molecule has 1 N–H and O–H groups in total. The monoisotopic (exact) mass is 482 g/mol. The van der Waals surface area contributed by atoms with Gasteiger partial charge in [0.15, 0.2) is 0 Å². The molecule has 186 valence electrons. The third kappa shape index (κ3) is 2.91. The highest BCUT2D eigenvalue weighted by molar-refractivity contribution is 5.77. The van der Waals surface area contributed by atoms with E-state index in [4.69, 9.17) is 4.98 Å². The van der Waals surface area contributed by atoms with Crippen molar-refractivity contribution in [1.29, 1.82) is 0 Å². The number of hydrogen-bond donors (Lipinski definition) is 1. The zero-order valence-corrected chi connectivity index (χ0v) is 20.7. The smallest absolute Gasteiger partial charge is 0.277 e. The van der Waals surface area contributed by atoms with Crippen molar-refractivity contribution >= 4 is 11.0 Å². The standard InChI is InChI=1S/C30H34N4O2/c35-27-11-9-19(17-31-27)28-29(36)33(26-7-2-1-6-25(26)32-28)23-13-21-4-3-5-22(14-23)34(21)30-15-18-8-10-24(30)20(12-18)16-30/h1-2,6-7,9,11,17-18,20-24H,3-5,8,10,12-16H2,(H,31,35)/t18-,20+,21-,22+,23?,24?,30-/m0/s1. The molecule has 9 rings (SSSR count). The van der Waals surface area contributed by atoms with Crippen molar-refractivity contribution in [3.8, 4) is 11.3 Å². The molecular weight excluding hydrogens is 448 g/mol.